The van der Waals surface area contributed by atoms with Gasteiger partial charge in [0.1, 0.15) is 9.30 Å². The molecule has 3 rings (SSSR count). The van der Waals surface area contributed by atoms with Crippen molar-refractivity contribution in [2.45, 2.75) is 38.7 Å². The summed E-state index contributed by atoms with van der Waals surface area (Å²) in [6.07, 6.45) is 0.803. The van der Waals surface area contributed by atoms with Crippen LogP contribution in [0, 0.1) is 9.62 Å². The Balaban J connectivity index is 1.73. The molecule has 1 aliphatic heterocycles. The fourth-order valence-corrected chi connectivity index (χ4v) is 3.88. The molecule has 6 heteroatoms. The van der Waals surface area contributed by atoms with Crippen molar-refractivity contribution in [2.75, 3.05) is 13.1 Å². The van der Waals surface area contributed by atoms with Gasteiger partial charge in [-0.25, -0.2) is 4.79 Å². The molecule has 2 unspecified atom stereocenters. The highest BCUT2D eigenvalue weighted by Gasteiger charge is 2.44. The quantitative estimate of drug-likeness (QED) is 0.709. The number of likely N-dealkylation sites (tertiary alicyclic amines) is 1. The number of aromatic amines is 1. The Kier molecular flexibility index (Phi) is 3.03. The lowest BCUT2D eigenvalue weighted by molar-refractivity contribution is 0.0285. The second kappa shape index (κ2) is 4.36. The van der Waals surface area contributed by atoms with Crippen LogP contribution in [0.15, 0.2) is 0 Å². The maximum atomic E-state index is 12.1. The summed E-state index contributed by atoms with van der Waals surface area (Å²) >= 11 is 2.27. The van der Waals surface area contributed by atoms with Crippen molar-refractivity contribution >= 4 is 28.7 Å². The monoisotopic (exact) mass is 375 g/mol. The summed E-state index contributed by atoms with van der Waals surface area (Å²) in [5.74, 6) is 0.943. The predicted octanol–water partition coefficient (Wildman–Crippen LogP) is 2.52. The second-order valence-corrected chi connectivity index (χ2v) is 7.38. The molecule has 0 saturated carbocycles. The molecule has 1 aromatic heterocycles. The van der Waals surface area contributed by atoms with Crippen molar-refractivity contribution in [1.29, 1.82) is 0 Å². The Labute approximate surface area is 126 Å². The molecular weight excluding hydrogens is 357 g/mol. The van der Waals surface area contributed by atoms with Gasteiger partial charge in [-0.3, -0.25) is 5.10 Å². The summed E-state index contributed by atoms with van der Waals surface area (Å²) in [6.45, 7) is 7.25. The molecule has 2 aliphatic rings. The lowest BCUT2D eigenvalue weighted by atomic mass is 9.98. The number of amides is 1. The lowest BCUT2D eigenvalue weighted by Gasteiger charge is -2.24. The van der Waals surface area contributed by atoms with Gasteiger partial charge in [0.05, 0.1) is 0 Å². The number of nitrogens with zero attached hydrogens (tertiary/aromatic N) is 2. The van der Waals surface area contributed by atoms with Crippen molar-refractivity contribution in [3.63, 3.8) is 0 Å². The van der Waals surface area contributed by atoms with Crippen LogP contribution in [0.2, 0.25) is 0 Å². The first-order valence-electron chi connectivity index (χ1n) is 6.55. The average Bonchev–Trinajstić information content (AvgIpc) is 2.87. The van der Waals surface area contributed by atoms with Gasteiger partial charge in [-0.15, -0.1) is 0 Å². The molecule has 2 heterocycles. The Morgan fingerprint density at radius 3 is 2.89 bits per heavy atom. The normalized spacial score (nSPS) is 25.4. The highest BCUT2D eigenvalue weighted by molar-refractivity contribution is 14.1. The number of hydrogen-bond donors (Lipinski definition) is 1. The zero-order chi connectivity index (χ0) is 13.8. The number of aromatic nitrogens is 2. The summed E-state index contributed by atoms with van der Waals surface area (Å²) in [7, 11) is 0. The first-order valence-corrected chi connectivity index (χ1v) is 7.63. The SMILES string of the molecule is CC(C)(C)OC(=O)N1CC2Cc3[nH]nc(I)c3C2C1. The zero-order valence-corrected chi connectivity index (χ0v) is 13.5. The fourth-order valence-electron chi connectivity index (χ4n) is 3.04. The molecule has 0 radical (unpaired) electrons. The van der Waals surface area contributed by atoms with Gasteiger partial charge in [0.25, 0.3) is 0 Å². The molecule has 5 nitrogen and oxygen atoms in total. The molecule has 0 spiro atoms. The maximum Gasteiger partial charge on any atom is 0.410 e. The van der Waals surface area contributed by atoms with Crippen LogP contribution in [0.5, 0.6) is 0 Å². The Morgan fingerprint density at radius 1 is 1.47 bits per heavy atom. The molecule has 1 fully saturated rings. The number of fused-ring (bicyclic) bond motifs is 3. The minimum atomic E-state index is -0.427. The molecule has 0 aromatic carbocycles. The van der Waals surface area contributed by atoms with Gasteiger partial charge in [-0.05, 0) is 55.7 Å². The standard InChI is InChI=1S/C13H18IN3O2/c1-13(2,3)19-12(18)17-5-7-4-9-10(8(7)6-17)11(14)16-15-9/h7-8H,4-6H2,1-3H3,(H,15,16). The highest BCUT2D eigenvalue weighted by Crippen LogP contribution is 2.44. The smallest absolute Gasteiger partial charge is 0.410 e. The van der Waals surface area contributed by atoms with E-state index in [1.54, 1.807) is 0 Å². The Hall–Kier alpha value is -0.790. The van der Waals surface area contributed by atoms with Crippen molar-refractivity contribution < 1.29 is 9.53 Å². The third-order valence-corrected chi connectivity index (χ3v) is 4.59. The van der Waals surface area contributed by atoms with Gasteiger partial charge in [0.15, 0.2) is 0 Å². The molecule has 1 amide bonds. The minimum Gasteiger partial charge on any atom is -0.444 e. The summed E-state index contributed by atoms with van der Waals surface area (Å²) in [4.78, 5) is 13.9. The van der Waals surface area contributed by atoms with Crippen LogP contribution in [0.25, 0.3) is 0 Å². The number of halogens is 1. The molecule has 2 atom stereocenters. The number of rotatable bonds is 0. The van der Waals surface area contributed by atoms with Crippen LogP contribution in [-0.4, -0.2) is 39.9 Å². The second-order valence-electron chi connectivity index (χ2n) is 6.36. The summed E-state index contributed by atoms with van der Waals surface area (Å²) in [5, 5.41) is 7.36. The van der Waals surface area contributed by atoms with E-state index in [4.69, 9.17) is 4.74 Å². The first-order chi connectivity index (χ1) is 8.85. The third-order valence-electron chi connectivity index (χ3n) is 3.77. The molecule has 104 valence electrons. The van der Waals surface area contributed by atoms with Gasteiger partial charge >= 0.3 is 6.09 Å². The molecule has 1 aliphatic carbocycles. The number of carbonyl (C=O) groups is 1. The van der Waals surface area contributed by atoms with Gasteiger partial charge in [-0.2, -0.15) is 5.10 Å². The number of nitrogens with one attached hydrogen (secondary N) is 1. The predicted molar refractivity (Wildman–Crippen MR) is 79.0 cm³/mol. The van der Waals surface area contributed by atoms with Crippen molar-refractivity contribution in [1.82, 2.24) is 15.1 Å². The zero-order valence-electron chi connectivity index (χ0n) is 11.4. The Morgan fingerprint density at radius 2 is 2.21 bits per heavy atom. The Bertz CT molecular complexity index is 520. The average molecular weight is 375 g/mol. The van der Waals surface area contributed by atoms with E-state index in [0.29, 0.717) is 11.8 Å². The molecule has 1 aromatic rings. The highest BCUT2D eigenvalue weighted by atomic mass is 127. The van der Waals surface area contributed by atoms with E-state index < -0.39 is 5.60 Å². The maximum absolute atomic E-state index is 12.1. The molecule has 1 saturated heterocycles. The van der Waals surface area contributed by atoms with Crippen LogP contribution in [0.3, 0.4) is 0 Å². The summed E-state index contributed by atoms with van der Waals surface area (Å²) in [5.41, 5.74) is 2.14. The van der Waals surface area contributed by atoms with E-state index in [1.807, 2.05) is 25.7 Å². The van der Waals surface area contributed by atoms with Crippen LogP contribution < -0.4 is 0 Å². The van der Waals surface area contributed by atoms with E-state index >= 15 is 0 Å². The fraction of sp³-hybridized carbons (Fsp3) is 0.692. The van der Waals surface area contributed by atoms with Crippen LogP contribution >= 0.6 is 22.6 Å². The number of H-pyrrole nitrogens is 1. The van der Waals surface area contributed by atoms with Crippen molar-refractivity contribution in [3.8, 4) is 0 Å². The summed E-state index contributed by atoms with van der Waals surface area (Å²) in [6, 6.07) is 0. The molecule has 1 N–H and O–H groups in total. The molecule has 19 heavy (non-hydrogen) atoms. The number of ether oxygens (including phenoxy) is 1. The van der Waals surface area contributed by atoms with Crippen LogP contribution in [0.1, 0.15) is 37.9 Å². The van der Waals surface area contributed by atoms with Gasteiger partial charge in [-0.1, -0.05) is 0 Å². The first kappa shape index (κ1) is 13.2. The topological polar surface area (TPSA) is 58.2 Å². The van der Waals surface area contributed by atoms with Gasteiger partial charge in [0.2, 0.25) is 0 Å². The largest absolute Gasteiger partial charge is 0.444 e. The van der Waals surface area contributed by atoms with Gasteiger partial charge < -0.3 is 9.64 Å². The van der Waals surface area contributed by atoms with Crippen molar-refractivity contribution in [2.24, 2.45) is 5.92 Å². The molecular formula is C13H18IN3O2. The van der Waals surface area contributed by atoms with Crippen molar-refractivity contribution in [3.05, 3.63) is 15.0 Å². The van der Waals surface area contributed by atoms with Gasteiger partial charge in [0, 0.05) is 30.3 Å². The van der Waals surface area contributed by atoms with E-state index in [-0.39, 0.29) is 6.09 Å². The van der Waals surface area contributed by atoms with E-state index in [0.717, 1.165) is 23.2 Å². The number of hydrogen-bond acceptors (Lipinski definition) is 3. The number of carbonyl (C=O) groups excluding carboxylic acids is 1. The summed E-state index contributed by atoms with van der Waals surface area (Å²) < 4.78 is 6.50. The molecule has 0 bridgehead atoms. The minimum absolute atomic E-state index is 0.193. The van der Waals surface area contributed by atoms with Crippen LogP contribution in [0.4, 0.5) is 4.79 Å². The lowest BCUT2D eigenvalue weighted by Crippen LogP contribution is -2.35. The van der Waals surface area contributed by atoms with E-state index in [9.17, 15) is 4.79 Å². The van der Waals surface area contributed by atoms with E-state index in [1.165, 1.54) is 11.3 Å². The van der Waals surface area contributed by atoms with E-state index in [2.05, 4.69) is 32.8 Å². The third kappa shape index (κ3) is 2.34. The van der Waals surface area contributed by atoms with Crippen LogP contribution in [-0.2, 0) is 11.2 Å².